The van der Waals surface area contributed by atoms with Gasteiger partial charge in [-0.15, -0.1) is 0 Å². The summed E-state index contributed by atoms with van der Waals surface area (Å²) in [7, 11) is 1.63. The third kappa shape index (κ3) is 3.75. The third-order valence-corrected chi connectivity index (χ3v) is 4.82. The van der Waals surface area contributed by atoms with Crippen molar-refractivity contribution in [2.75, 3.05) is 33.4 Å². The molecule has 2 heterocycles. The fraction of sp³-hybridized carbons (Fsp3) is 0.500. The zero-order chi connectivity index (χ0) is 17.1. The van der Waals surface area contributed by atoms with Crippen molar-refractivity contribution in [3.05, 3.63) is 28.4 Å². The lowest BCUT2D eigenvalue weighted by Crippen LogP contribution is -2.37. The van der Waals surface area contributed by atoms with Gasteiger partial charge in [-0.2, -0.15) is 0 Å². The molecule has 1 aliphatic heterocycles. The number of carbonyl (C=O) groups excluding carboxylic acids is 1. The van der Waals surface area contributed by atoms with Crippen molar-refractivity contribution in [3.8, 4) is 5.75 Å². The van der Waals surface area contributed by atoms with Gasteiger partial charge in [0.15, 0.2) is 4.67 Å². The molecule has 1 amide bonds. The average molecular weight is 396 g/mol. The molecule has 1 fully saturated rings. The standard InChI is InChI=1S/C18H22BrNO4/c1-12-3-5-20(6-4-12)18(21)13-9-15(23-8-7-22-2)14-11-17(19)24-16(14)10-13/h9-12H,3-8H2,1-2H3. The highest BCUT2D eigenvalue weighted by atomic mass is 79.9. The topological polar surface area (TPSA) is 51.9 Å². The second-order valence-corrected chi connectivity index (χ2v) is 7.03. The molecular formula is C18H22BrNO4. The zero-order valence-electron chi connectivity index (χ0n) is 14.0. The Balaban J connectivity index is 1.88. The van der Waals surface area contributed by atoms with E-state index in [1.54, 1.807) is 19.2 Å². The van der Waals surface area contributed by atoms with Gasteiger partial charge in [0.25, 0.3) is 5.91 Å². The molecule has 0 saturated carbocycles. The number of amides is 1. The molecule has 0 radical (unpaired) electrons. The Morgan fingerprint density at radius 2 is 2.04 bits per heavy atom. The van der Waals surface area contributed by atoms with E-state index in [4.69, 9.17) is 13.9 Å². The van der Waals surface area contributed by atoms with Crippen LogP contribution in [0.15, 0.2) is 27.3 Å². The van der Waals surface area contributed by atoms with Gasteiger partial charge < -0.3 is 18.8 Å². The molecule has 0 bridgehead atoms. The van der Waals surface area contributed by atoms with Crippen LogP contribution in [0.5, 0.6) is 5.75 Å². The van der Waals surface area contributed by atoms with Crippen LogP contribution in [0.1, 0.15) is 30.1 Å². The summed E-state index contributed by atoms with van der Waals surface area (Å²) in [5, 5.41) is 0.849. The van der Waals surface area contributed by atoms with E-state index in [0.29, 0.717) is 40.7 Å². The number of hydrogen-bond donors (Lipinski definition) is 0. The lowest BCUT2D eigenvalue weighted by Gasteiger charge is -2.30. The SMILES string of the molecule is COCCOc1cc(C(=O)N2CCC(C)CC2)cc2oc(Br)cc12. The first-order valence-corrected chi connectivity index (χ1v) is 9.02. The normalized spacial score (nSPS) is 15.9. The van der Waals surface area contributed by atoms with E-state index in [0.717, 1.165) is 31.3 Å². The lowest BCUT2D eigenvalue weighted by molar-refractivity contribution is 0.0696. The van der Waals surface area contributed by atoms with Crippen molar-refractivity contribution in [1.82, 2.24) is 4.90 Å². The molecule has 0 unspecified atom stereocenters. The van der Waals surface area contributed by atoms with Gasteiger partial charge in [-0.05, 0) is 46.8 Å². The lowest BCUT2D eigenvalue weighted by atomic mass is 9.98. The largest absolute Gasteiger partial charge is 0.490 e. The quantitative estimate of drug-likeness (QED) is 0.715. The minimum Gasteiger partial charge on any atom is -0.490 e. The number of halogens is 1. The molecule has 1 aliphatic rings. The molecule has 1 saturated heterocycles. The van der Waals surface area contributed by atoms with E-state index >= 15 is 0 Å². The van der Waals surface area contributed by atoms with Crippen LogP contribution in [-0.4, -0.2) is 44.2 Å². The van der Waals surface area contributed by atoms with E-state index in [1.807, 2.05) is 11.0 Å². The first-order chi connectivity index (χ1) is 11.6. The first kappa shape index (κ1) is 17.3. The summed E-state index contributed by atoms with van der Waals surface area (Å²) < 4.78 is 17.1. The summed E-state index contributed by atoms with van der Waals surface area (Å²) in [6.45, 7) is 4.76. The predicted molar refractivity (Wildman–Crippen MR) is 95.6 cm³/mol. The molecule has 5 nitrogen and oxygen atoms in total. The van der Waals surface area contributed by atoms with Gasteiger partial charge >= 0.3 is 0 Å². The molecule has 1 aromatic carbocycles. The van der Waals surface area contributed by atoms with Gasteiger partial charge in [0, 0.05) is 31.8 Å². The van der Waals surface area contributed by atoms with Gasteiger partial charge in [-0.1, -0.05) is 6.92 Å². The molecule has 3 rings (SSSR count). The number of furan rings is 1. The van der Waals surface area contributed by atoms with Crippen LogP contribution in [0.3, 0.4) is 0 Å². The van der Waals surface area contributed by atoms with Crippen molar-refractivity contribution in [1.29, 1.82) is 0 Å². The molecule has 130 valence electrons. The molecule has 6 heteroatoms. The Morgan fingerprint density at radius 3 is 2.75 bits per heavy atom. The number of carbonyl (C=O) groups is 1. The maximum atomic E-state index is 12.8. The molecule has 2 aromatic rings. The molecule has 1 aromatic heterocycles. The van der Waals surface area contributed by atoms with E-state index in [-0.39, 0.29) is 5.91 Å². The smallest absolute Gasteiger partial charge is 0.254 e. The number of fused-ring (bicyclic) bond motifs is 1. The number of rotatable bonds is 5. The number of likely N-dealkylation sites (tertiary alicyclic amines) is 1. The van der Waals surface area contributed by atoms with Crippen molar-refractivity contribution in [3.63, 3.8) is 0 Å². The van der Waals surface area contributed by atoms with Crippen molar-refractivity contribution in [2.24, 2.45) is 5.92 Å². The number of hydrogen-bond acceptors (Lipinski definition) is 4. The van der Waals surface area contributed by atoms with Crippen LogP contribution in [0.25, 0.3) is 11.0 Å². The highest BCUT2D eigenvalue weighted by Crippen LogP contribution is 2.33. The fourth-order valence-corrected chi connectivity index (χ4v) is 3.35. The van der Waals surface area contributed by atoms with Crippen molar-refractivity contribution in [2.45, 2.75) is 19.8 Å². The second-order valence-electron chi connectivity index (χ2n) is 6.25. The first-order valence-electron chi connectivity index (χ1n) is 8.22. The molecule has 0 spiro atoms. The van der Waals surface area contributed by atoms with Crippen LogP contribution in [0.2, 0.25) is 0 Å². The number of ether oxygens (including phenoxy) is 2. The zero-order valence-corrected chi connectivity index (χ0v) is 15.6. The van der Waals surface area contributed by atoms with Gasteiger partial charge in [0.2, 0.25) is 0 Å². The van der Waals surface area contributed by atoms with Gasteiger partial charge in [-0.3, -0.25) is 4.79 Å². The molecular weight excluding hydrogens is 374 g/mol. The number of methoxy groups -OCH3 is 1. The highest BCUT2D eigenvalue weighted by molar-refractivity contribution is 9.10. The Hall–Kier alpha value is -1.53. The fourth-order valence-electron chi connectivity index (χ4n) is 2.95. The van der Waals surface area contributed by atoms with Crippen LogP contribution in [0, 0.1) is 5.92 Å². The Bertz CT molecular complexity index is 719. The monoisotopic (exact) mass is 395 g/mol. The summed E-state index contributed by atoms with van der Waals surface area (Å²) in [6.07, 6.45) is 2.11. The molecule has 0 atom stereocenters. The second kappa shape index (κ2) is 7.57. The highest BCUT2D eigenvalue weighted by Gasteiger charge is 2.23. The Kier molecular flexibility index (Phi) is 5.46. The summed E-state index contributed by atoms with van der Waals surface area (Å²) in [4.78, 5) is 14.7. The minimum atomic E-state index is 0.0351. The van der Waals surface area contributed by atoms with E-state index in [1.165, 1.54) is 0 Å². The average Bonchev–Trinajstić information content (AvgIpc) is 2.95. The summed E-state index contributed by atoms with van der Waals surface area (Å²) in [5.41, 5.74) is 1.25. The Morgan fingerprint density at radius 1 is 1.29 bits per heavy atom. The number of nitrogens with zero attached hydrogens (tertiary/aromatic N) is 1. The molecule has 24 heavy (non-hydrogen) atoms. The summed E-state index contributed by atoms with van der Waals surface area (Å²) in [5.74, 6) is 1.37. The van der Waals surface area contributed by atoms with Crippen molar-refractivity contribution < 1.29 is 18.7 Å². The molecule has 0 N–H and O–H groups in total. The summed E-state index contributed by atoms with van der Waals surface area (Å²) >= 11 is 3.34. The van der Waals surface area contributed by atoms with Crippen LogP contribution in [-0.2, 0) is 4.74 Å². The van der Waals surface area contributed by atoms with Gasteiger partial charge in [0.05, 0.1) is 12.0 Å². The predicted octanol–water partition coefficient (Wildman–Crippen LogP) is 4.09. The van der Waals surface area contributed by atoms with E-state index < -0.39 is 0 Å². The maximum Gasteiger partial charge on any atom is 0.254 e. The summed E-state index contributed by atoms with van der Waals surface area (Å²) in [6, 6.07) is 5.46. The third-order valence-electron chi connectivity index (χ3n) is 4.43. The molecule has 0 aliphatic carbocycles. The van der Waals surface area contributed by atoms with E-state index in [2.05, 4.69) is 22.9 Å². The van der Waals surface area contributed by atoms with Crippen LogP contribution < -0.4 is 4.74 Å². The number of piperidine rings is 1. The van der Waals surface area contributed by atoms with E-state index in [9.17, 15) is 4.79 Å². The van der Waals surface area contributed by atoms with Crippen LogP contribution in [0.4, 0.5) is 0 Å². The minimum absolute atomic E-state index is 0.0351. The van der Waals surface area contributed by atoms with Crippen molar-refractivity contribution >= 4 is 32.8 Å². The number of benzene rings is 1. The van der Waals surface area contributed by atoms with Crippen LogP contribution >= 0.6 is 15.9 Å². The van der Waals surface area contributed by atoms with Gasteiger partial charge in [-0.25, -0.2) is 0 Å². The Labute approximate surface area is 150 Å². The van der Waals surface area contributed by atoms with Gasteiger partial charge in [0.1, 0.15) is 17.9 Å². The maximum absolute atomic E-state index is 12.8.